The minimum Gasteiger partial charge on any atom is -0.490 e. The summed E-state index contributed by atoms with van der Waals surface area (Å²) in [5, 5.41) is 0. The first kappa shape index (κ1) is 21.6. The monoisotopic (exact) mass is 430 g/mol. The first-order chi connectivity index (χ1) is 14.7. The van der Waals surface area contributed by atoms with Crippen LogP contribution in [-0.2, 0) is 11.3 Å². The predicted molar refractivity (Wildman–Crippen MR) is 120 cm³/mol. The fraction of sp³-hybridized carbons (Fsp3) is 0.500. The minimum atomic E-state index is -0.198. The second-order valence-corrected chi connectivity index (χ2v) is 9.00. The summed E-state index contributed by atoms with van der Waals surface area (Å²) in [4.78, 5) is 5.81. The predicted octanol–water partition coefficient (Wildman–Crippen LogP) is 4.23. The maximum atomic E-state index is 15.3. The molecule has 0 radical (unpaired) electrons. The molecule has 2 aliphatic rings. The molecule has 0 amide bonds. The van der Waals surface area contributed by atoms with Gasteiger partial charge in [-0.3, -0.25) is 4.90 Å². The molecule has 0 saturated carbocycles. The Morgan fingerprint density at radius 2 is 1.90 bits per heavy atom. The Kier molecular flexibility index (Phi) is 7.31. The molecule has 2 aromatic rings. The highest BCUT2D eigenvalue weighted by Gasteiger charge is 2.28. The number of hydrogen-bond acceptors (Lipinski definition) is 5. The van der Waals surface area contributed by atoms with Crippen LogP contribution < -0.4 is 4.74 Å². The van der Waals surface area contributed by atoms with Gasteiger partial charge < -0.3 is 14.4 Å². The lowest BCUT2D eigenvalue weighted by Gasteiger charge is -2.33. The molecule has 1 fully saturated rings. The number of fused-ring (bicyclic) bond motifs is 1. The maximum Gasteiger partial charge on any atom is 0.169 e. The van der Waals surface area contributed by atoms with Crippen LogP contribution in [0.1, 0.15) is 29.0 Å². The molecule has 162 valence electrons. The topological polar surface area (TPSA) is 24.9 Å². The molecular formula is C24H31FN2O2S. The van der Waals surface area contributed by atoms with E-state index in [9.17, 15) is 0 Å². The van der Waals surface area contributed by atoms with E-state index in [0.717, 1.165) is 56.9 Å². The Bertz CT molecular complexity index is 840. The Morgan fingerprint density at radius 3 is 2.63 bits per heavy atom. The Labute approximate surface area is 183 Å². The molecule has 2 aromatic carbocycles. The zero-order valence-corrected chi connectivity index (χ0v) is 18.7. The molecule has 0 spiro atoms. The molecule has 0 aromatic heterocycles. The smallest absolute Gasteiger partial charge is 0.169 e. The van der Waals surface area contributed by atoms with Gasteiger partial charge in [0.1, 0.15) is 0 Å². The molecule has 1 atom stereocenters. The highest BCUT2D eigenvalue weighted by Crippen LogP contribution is 2.37. The molecule has 0 N–H and O–H groups in total. The summed E-state index contributed by atoms with van der Waals surface area (Å²) in [6, 6.07) is 12.5. The number of likely N-dealkylation sites (N-methyl/N-ethyl adjacent to an activating group) is 1. The van der Waals surface area contributed by atoms with Gasteiger partial charge in [0.25, 0.3) is 0 Å². The SMILES string of the molecule is CSc1ccc(C2CN(C)Cc3c2ccc(OCCCN2CCOCC2)c3F)cc1. The van der Waals surface area contributed by atoms with Crippen LogP contribution in [0.2, 0.25) is 0 Å². The molecule has 0 aliphatic carbocycles. The number of rotatable bonds is 7. The first-order valence-corrected chi connectivity index (χ1v) is 11.9. The van der Waals surface area contributed by atoms with E-state index in [-0.39, 0.29) is 11.7 Å². The molecule has 4 nitrogen and oxygen atoms in total. The Hall–Kier alpha value is -1.60. The van der Waals surface area contributed by atoms with Crippen LogP contribution in [0.15, 0.2) is 41.3 Å². The molecule has 6 heteroatoms. The van der Waals surface area contributed by atoms with Crippen molar-refractivity contribution in [2.24, 2.45) is 0 Å². The van der Waals surface area contributed by atoms with E-state index in [1.807, 2.05) is 6.07 Å². The van der Waals surface area contributed by atoms with Gasteiger partial charge in [0.05, 0.1) is 19.8 Å². The molecule has 1 saturated heterocycles. The van der Waals surface area contributed by atoms with Crippen molar-refractivity contribution in [2.75, 3.05) is 59.3 Å². The van der Waals surface area contributed by atoms with E-state index < -0.39 is 0 Å². The van der Waals surface area contributed by atoms with Gasteiger partial charge >= 0.3 is 0 Å². The third-order valence-electron chi connectivity index (χ3n) is 6.04. The van der Waals surface area contributed by atoms with Gasteiger partial charge in [0.2, 0.25) is 0 Å². The van der Waals surface area contributed by atoms with Gasteiger partial charge in [0.15, 0.2) is 11.6 Å². The van der Waals surface area contributed by atoms with E-state index in [4.69, 9.17) is 9.47 Å². The van der Waals surface area contributed by atoms with Crippen LogP contribution in [0.3, 0.4) is 0 Å². The number of benzene rings is 2. The largest absolute Gasteiger partial charge is 0.490 e. The summed E-state index contributed by atoms with van der Waals surface area (Å²) in [5.41, 5.74) is 3.09. The summed E-state index contributed by atoms with van der Waals surface area (Å²) in [6.45, 7) is 6.55. The van der Waals surface area contributed by atoms with Gasteiger partial charge in [-0.15, -0.1) is 11.8 Å². The van der Waals surface area contributed by atoms with Gasteiger partial charge in [-0.1, -0.05) is 18.2 Å². The molecule has 0 bridgehead atoms. The van der Waals surface area contributed by atoms with Crippen LogP contribution in [0, 0.1) is 5.82 Å². The zero-order chi connectivity index (χ0) is 20.9. The van der Waals surface area contributed by atoms with E-state index >= 15 is 4.39 Å². The zero-order valence-electron chi connectivity index (χ0n) is 17.9. The van der Waals surface area contributed by atoms with Crippen LogP contribution in [0.25, 0.3) is 0 Å². The third-order valence-corrected chi connectivity index (χ3v) is 6.78. The number of morpholine rings is 1. The Balaban J connectivity index is 1.45. The highest BCUT2D eigenvalue weighted by molar-refractivity contribution is 7.98. The number of ether oxygens (including phenoxy) is 2. The number of nitrogens with zero attached hydrogens (tertiary/aromatic N) is 2. The van der Waals surface area contributed by atoms with Gasteiger partial charge in [-0.2, -0.15) is 0 Å². The normalized spacial score (nSPS) is 20.2. The average Bonchev–Trinajstić information content (AvgIpc) is 2.78. The lowest BCUT2D eigenvalue weighted by molar-refractivity contribution is 0.0357. The quantitative estimate of drug-likeness (QED) is 0.484. The van der Waals surface area contributed by atoms with Crippen molar-refractivity contribution >= 4 is 11.8 Å². The van der Waals surface area contributed by atoms with Crippen LogP contribution in [-0.4, -0.2) is 69.1 Å². The maximum absolute atomic E-state index is 15.3. The summed E-state index contributed by atoms with van der Waals surface area (Å²) >= 11 is 1.74. The summed E-state index contributed by atoms with van der Waals surface area (Å²) in [5.74, 6) is 0.359. The van der Waals surface area contributed by atoms with Crippen molar-refractivity contribution in [3.05, 3.63) is 58.9 Å². The highest BCUT2D eigenvalue weighted by atomic mass is 32.2. The van der Waals surface area contributed by atoms with Gasteiger partial charge in [-0.05, 0) is 49.1 Å². The fourth-order valence-corrected chi connectivity index (χ4v) is 4.78. The van der Waals surface area contributed by atoms with Crippen molar-refractivity contribution < 1.29 is 13.9 Å². The van der Waals surface area contributed by atoms with E-state index in [1.165, 1.54) is 10.5 Å². The van der Waals surface area contributed by atoms with Crippen LogP contribution in [0.5, 0.6) is 5.75 Å². The second-order valence-electron chi connectivity index (χ2n) is 8.12. The first-order valence-electron chi connectivity index (χ1n) is 10.7. The molecule has 1 unspecified atom stereocenters. The van der Waals surface area contributed by atoms with Crippen molar-refractivity contribution in [1.82, 2.24) is 9.80 Å². The summed E-state index contributed by atoms with van der Waals surface area (Å²) < 4.78 is 26.6. The fourth-order valence-electron chi connectivity index (χ4n) is 4.37. The number of halogens is 1. The number of hydrogen-bond donors (Lipinski definition) is 0. The Morgan fingerprint density at radius 1 is 1.13 bits per heavy atom. The molecule has 2 aliphatic heterocycles. The molecular weight excluding hydrogens is 399 g/mol. The van der Waals surface area contributed by atoms with Crippen molar-refractivity contribution in [3.63, 3.8) is 0 Å². The van der Waals surface area contributed by atoms with Crippen molar-refractivity contribution in [1.29, 1.82) is 0 Å². The summed E-state index contributed by atoms with van der Waals surface area (Å²) in [6.07, 6.45) is 2.97. The molecule has 4 rings (SSSR count). The standard InChI is InChI=1S/C24H31FN2O2S/c1-26-16-21(18-4-6-19(30-2)7-5-18)20-8-9-23(24(25)22(20)17-26)29-13-3-10-27-11-14-28-15-12-27/h4-9,21H,3,10-17H2,1-2H3. The molecule has 2 heterocycles. The van der Waals surface area contributed by atoms with Gasteiger partial charge in [-0.25, -0.2) is 4.39 Å². The summed E-state index contributed by atoms with van der Waals surface area (Å²) in [7, 11) is 2.06. The third kappa shape index (κ3) is 4.99. The van der Waals surface area contributed by atoms with E-state index in [0.29, 0.717) is 18.9 Å². The number of thioether (sulfide) groups is 1. The van der Waals surface area contributed by atoms with Crippen molar-refractivity contribution in [2.45, 2.75) is 23.8 Å². The van der Waals surface area contributed by atoms with Gasteiger partial charge in [0, 0.05) is 49.1 Å². The average molecular weight is 431 g/mol. The van der Waals surface area contributed by atoms with E-state index in [1.54, 1.807) is 11.8 Å². The van der Waals surface area contributed by atoms with Crippen LogP contribution in [0.4, 0.5) is 4.39 Å². The lowest BCUT2D eigenvalue weighted by Crippen LogP contribution is -2.37. The second kappa shape index (κ2) is 10.1. The van der Waals surface area contributed by atoms with E-state index in [2.05, 4.69) is 53.4 Å². The van der Waals surface area contributed by atoms with Crippen molar-refractivity contribution in [3.8, 4) is 5.75 Å². The molecule has 30 heavy (non-hydrogen) atoms. The lowest BCUT2D eigenvalue weighted by atomic mass is 9.84. The minimum absolute atomic E-state index is 0.180. The van der Waals surface area contributed by atoms with Crippen LogP contribution >= 0.6 is 11.8 Å².